The summed E-state index contributed by atoms with van der Waals surface area (Å²) in [5, 5.41) is 21.8. The fraction of sp³-hybridized carbons (Fsp3) is 0.533. The molecular weight excluding hydrogens is 610 g/mol. The Morgan fingerprint density at radius 2 is 1.91 bits per heavy atom. The summed E-state index contributed by atoms with van der Waals surface area (Å²) >= 11 is 3.12. The molecule has 0 spiro atoms. The molecule has 2 amide bonds. The number of fused-ring (bicyclic) bond motifs is 5. The van der Waals surface area contributed by atoms with E-state index in [1.807, 2.05) is 6.92 Å². The molecule has 2 aromatic rings. The van der Waals surface area contributed by atoms with Crippen molar-refractivity contribution in [2.24, 2.45) is 17.6 Å². The Balaban J connectivity index is 0.00000368. The van der Waals surface area contributed by atoms with Crippen molar-refractivity contribution in [3.63, 3.8) is 0 Å². The number of carboxylic acid groups (broad SMARTS) is 1. The standard InChI is InChI=1S/C30H35N5O5S2.ClH/c1-18-21(27(29(39)40)33-26(18)25(19(2)36)28(33)38)4-3-15-41-30-32-22-16-20(5-6-23(22)42-30)7-8-34-9-12-35(13-10-34,14-11-34)17-24(31)37;/h5-6,16,18-19,25-26,36H,7-15,17H2,1-2H3,(H-2,31,37,39,40);1H/t18-,19+,25+,26+,34?,35?;/m0./s1. The smallest absolute Gasteiger partial charge is 0.272 e. The van der Waals surface area contributed by atoms with E-state index in [9.17, 15) is 24.6 Å². The third-order valence-corrected chi connectivity index (χ3v) is 11.9. The highest BCUT2D eigenvalue weighted by atomic mass is 35.5. The highest BCUT2D eigenvalue weighted by Crippen LogP contribution is 2.46. The largest absolute Gasteiger partial charge is 1.00 e. The van der Waals surface area contributed by atoms with Gasteiger partial charge in [0.15, 0.2) is 10.9 Å². The quantitative estimate of drug-likeness (QED) is 0.128. The van der Waals surface area contributed by atoms with Crippen molar-refractivity contribution < 1.29 is 46.0 Å². The maximum absolute atomic E-state index is 12.5. The lowest BCUT2D eigenvalue weighted by Crippen LogP contribution is -3.00. The molecule has 13 heteroatoms. The van der Waals surface area contributed by atoms with Gasteiger partial charge in [0, 0.05) is 17.9 Å². The molecule has 230 valence electrons. The lowest BCUT2D eigenvalue weighted by Gasteiger charge is -2.55. The van der Waals surface area contributed by atoms with Gasteiger partial charge in [-0.2, -0.15) is 0 Å². The predicted molar refractivity (Wildman–Crippen MR) is 157 cm³/mol. The average Bonchev–Trinajstić information content (AvgIpc) is 3.46. The molecule has 3 N–H and O–H groups in total. The first-order valence-corrected chi connectivity index (χ1v) is 16.3. The molecule has 6 heterocycles. The van der Waals surface area contributed by atoms with Crippen LogP contribution in [0.15, 0.2) is 33.8 Å². The van der Waals surface area contributed by atoms with Crippen LogP contribution in [0.2, 0.25) is 0 Å². The molecule has 0 saturated carbocycles. The highest BCUT2D eigenvalue weighted by Gasteiger charge is 2.58. The summed E-state index contributed by atoms with van der Waals surface area (Å²) in [6, 6.07) is 6.11. The van der Waals surface area contributed by atoms with Crippen molar-refractivity contribution in [1.29, 1.82) is 0 Å². The number of benzene rings is 1. The number of nitrogens with two attached hydrogens (primary N) is 1. The number of aliphatic carboxylic acids is 1. The molecule has 1 aromatic carbocycles. The van der Waals surface area contributed by atoms with E-state index in [0.29, 0.717) is 17.9 Å². The molecule has 10 nitrogen and oxygen atoms in total. The number of hydrogen-bond donors (Lipinski definition) is 2. The van der Waals surface area contributed by atoms with E-state index < -0.39 is 29.9 Å². The first-order valence-electron chi connectivity index (χ1n) is 14.5. The monoisotopic (exact) mass is 645 g/mol. The molecule has 0 radical (unpaired) electrons. The van der Waals surface area contributed by atoms with Crippen LogP contribution in [0.25, 0.3) is 10.2 Å². The van der Waals surface area contributed by atoms with E-state index in [2.05, 4.69) is 30.0 Å². The molecule has 0 aliphatic carbocycles. The maximum atomic E-state index is 12.5. The van der Waals surface area contributed by atoms with Crippen molar-refractivity contribution in [3.8, 4) is 11.8 Å². The number of thiazole rings is 1. The Labute approximate surface area is 265 Å². The number of halogens is 1. The summed E-state index contributed by atoms with van der Waals surface area (Å²) < 4.78 is 4.00. The number of piperazine rings is 3. The summed E-state index contributed by atoms with van der Waals surface area (Å²) in [4.78, 5) is 41.9. The predicted octanol–water partition coefficient (Wildman–Crippen LogP) is -3.05. The minimum absolute atomic E-state index is 0. The summed E-state index contributed by atoms with van der Waals surface area (Å²) in [5.41, 5.74) is 7.98. The van der Waals surface area contributed by atoms with E-state index in [1.165, 1.54) is 22.2 Å². The highest BCUT2D eigenvalue weighted by molar-refractivity contribution is 8.01. The van der Waals surface area contributed by atoms with E-state index >= 15 is 0 Å². The number of carbonyl (C=O) groups excluding carboxylic acids is 3. The Morgan fingerprint density at radius 3 is 2.53 bits per heavy atom. The SMILES string of the molecule is C[C@@H](O)[C@H]1C(=O)N2C(C(=O)[O-])=C(C#CCSc3nc4cc(CC[N+]56CC[N+](CC(N)=O)(CC5)CC6)ccc4s3)[C@H](C)[C@H]12.[Cl-]. The molecule has 7 rings (SSSR count). The van der Waals surface area contributed by atoms with Crippen molar-refractivity contribution in [3.05, 3.63) is 35.0 Å². The van der Waals surface area contributed by atoms with Crippen LogP contribution in [0.3, 0.4) is 0 Å². The van der Waals surface area contributed by atoms with Gasteiger partial charge in [-0.25, -0.2) is 4.98 Å². The lowest BCUT2D eigenvalue weighted by molar-refractivity contribution is -1.08. The van der Waals surface area contributed by atoms with Gasteiger partial charge in [-0.05, 0) is 24.6 Å². The number of quaternary nitrogens is 2. The van der Waals surface area contributed by atoms with Gasteiger partial charge in [0.2, 0.25) is 5.91 Å². The van der Waals surface area contributed by atoms with E-state index in [1.54, 1.807) is 18.3 Å². The molecule has 4 fully saturated rings. The van der Waals surface area contributed by atoms with Gasteiger partial charge in [-0.3, -0.25) is 9.59 Å². The number of thioether (sulfide) groups is 1. The zero-order valence-corrected chi connectivity index (χ0v) is 26.6. The number of rotatable bonds is 9. The molecule has 4 atom stereocenters. The Hall–Kier alpha value is -2.66. The van der Waals surface area contributed by atoms with Crippen LogP contribution in [0.5, 0.6) is 0 Å². The summed E-state index contributed by atoms with van der Waals surface area (Å²) in [7, 11) is 0. The molecule has 43 heavy (non-hydrogen) atoms. The second-order valence-corrected chi connectivity index (χ2v) is 14.6. The fourth-order valence-corrected chi connectivity index (χ4v) is 9.12. The van der Waals surface area contributed by atoms with Crippen molar-refractivity contribution in [2.45, 2.75) is 36.8 Å². The Morgan fingerprint density at radius 1 is 1.23 bits per heavy atom. The van der Waals surface area contributed by atoms with Crippen LogP contribution in [0, 0.1) is 23.7 Å². The Kier molecular flexibility index (Phi) is 8.88. The van der Waals surface area contributed by atoms with Crippen molar-refractivity contribution in [2.75, 3.05) is 58.1 Å². The van der Waals surface area contributed by atoms with Gasteiger partial charge in [-0.15, -0.1) is 11.3 Å². The first-order chi connectivity index (χ1) is 20.0. The van der Waals surface area contributed by atoms with E-state index in [0.717, 1.165) is 75.8 Å². The first kappa shape index (κ1) is 31.8. The van der Waals surface area contributed by atoms with Crippen molar-refractivity contribution >= 4 is 51.1 Å². The van der Waals surface area contributed by atoms with Gasteiger partial charge in [0.05, 0.1) is 52.2 Å². The zero-order valence-electron chi connectivity index (χ0n) is 24.3. The summed E-state index contributed by atoms with van der Waals surface area (Å²) in [6.45, 7) is 11.3. The van der Waals surface area contributed by atoms with Crippen LogP contribution in [-0.2, 0) is 20.8 Å². The topological polar surface area (TPSA) is 137 Å². The molecule has 4 saturated heterocycles. The minimum Gasteiger partial charge on any atom is -1.00 e. The van der Waals surface area contributed by atoms with Crippen LogP contribution >= 0.6 is 23.1 Å². The number of primary amides is 1. The minimum atomic E-state index is -1.42. The molecular formula is C30H36ClN5O5S2. The maximum Gasteiger partial charge on any atom is 0.272 e. The number of β-lactam (4-membered cyclic amide) rings is 1. The van der Waals surface area contributed by atoms with E-state index in [4.69, 9.17) is 10.7 Å². The van der Waals surface area contributed by atoms with Crippen LogP contribution in [0.4, 0.5) is 0 Å². The fourth-order valence-electron chi connectivity index (χ4n) is 7.33. The second-order valence-electron chi connectivity index (χ2n) is 12.3. The number of carboxylic acids is 1. The van der Waals surface area contributed by atoms with Crippen LogP contribution in [-0.4, -0.2) is 112 Å². The van der Waals surface area contributed by atoms with Gasteiger partial charge < -0.3 is 47.0 Å². The number of aliphatic hydroxyl groups excluding tert-OH is 1. The summed E-state index contributed by atoms with van der Waals surface area (Å²) in [5.74, 6) is 3.57. The van der Waals surface area contributed by atoms with Crippen molar-refractivity contribution in [1.82, 2.24) is 9.88 Å². The Bertz CT molecular complexity index is 1540. The van der Waals surface area contributed by atoms with Gasteiger partial charge in [-0.1, -0.05) is 36.6 Å². The van der Waals surface area contributed by atoms with Gasteiger partial charge in [0.25, 0.3) is 5.91 Å². The molecule has 1 aromatic heterocycles. The number of hydrogen-bond acceptors (Lipinski definition) is 8. The molecule has 5 aliphatic heterocycles. The summed E-state index contributed by atoms with van der Waals surface area (Å²) in [6.07, 6.45) is 0.135. The average molecular weight is 646 g/mol. The molecule has 5 aliphatic rings. The second kappa shape index (κ2) is 12.0. The van der Waals surface area contributed by atoms with Gasteiger partial charge in [0.1, 0.15) is 39.3 Å². The van der Waals surface area contributed by atoms with Crippen LogP contribution in [0.1, 0.15) is 19.4 Å². The van der Waals surface area contributed by atoms with E-state index in [-0.39, 0.29) is 29.9 Å². The molecule has 0 unspecified atom stereocenters. The number of amides is 2. The number of carbonyl (C=O) groups is 3. The third kappa shape index (κ3) is 5.79. The lowest BCUT2D eigenvalue weighted by atomic mass is 9.78. The normalized spacial score (nSPS) is 29.9. The van der Waals surface area contributed by atoms with Crippen LogP contribution < -0.4 is 23.2 Å². The van der Waals surface area contributed by atoms with Gasteiger partial charge >= 0.3 is 0 Å². The number of nitrogens with zero attached hydrogens (tertiary/aromatic N) is 4. The number of aromatic nitrogens is 1. The third-order valence-electron chi connectivity index (χ3n) is 9.80. The zero-order chi connectivity index (χ0) is 29.8. The molecule has 2 bridgehead atoms. The number of aliphatic hydroxyl groups is 1.